The average molecular weight is 390 g/mol. The van der Waals surface area contributed by atoms with E-state index in [2.05, 4.69) is 27.6 Å². The van der Waals surface area contributed by atoms with Crippen LogP contribution in [-0.2, 0) is 11.2 Å². The van der Waals surface area contributed by atoms with Crippen LogP contribution in [0.15, 0.2) is 29.3 Å². The van der Waals surface area contributed by atoms with Gasteiger partial charge in [0.1, 0.15) is 6.04 Å². The number of halogens is 1. The zero-order chi connectivity index (χ0) is 15.1. The van der Waals surface area contributed by atoms with Crippen molar-refractivity contribution in [1.29, 1.82) is 0 Å². The number of carbonyl (C=O) groups is 1. The fourth-order valence-corrected chi connectivity index (χ4v) is 2.23. The second-order valence-electron chi connectivity index (χ2n) is 4.64. The van der Waals surface area contributed by atoms with Gasteiger partial charge < -0.3 is 22.3 Å². The summed E-state index contributed by atoms with van der Waals surface area (Å²) in [5, 5.41) is 8.90. The summed E-state index contributed by atoms with van der Waals surface area (Å²) in [5.41, 5.74) is 17.3. The maximum absolute atomic E-state index is 10.9. The normalized spacial score (nSPS) is 13.5. The predicted molar refractivity (Wildman–Crippen MR) is 87.3 cm³/mol. The highest BCUT2D eigenvalue weighted by Gasteiger charge is 2.19. The molecule has 1 rings (SSSR count). The van der Waals surface area contributed by atoms with E-state index in [1.54, 1.807) is 0 Å². The van der Waals surface area contributed by atoms with Crippen molar-refractivity contribution in [2.24, 2.45) is 28.1 Å². The van der Waals surface area contributed by atoms with Gasteiger partial charge in [-0.2, -0.15) is 0 Å². The minimum atomic E-state index is -1.01. The third kappa shape index (κ3) is 6.20. The summed E-state index contributed by atoms with van der Waals surface area (Å²) in [6.07, 6.45) is 1.02. The topological polar surface area (TPSA) is 128 Å². The molecule has 0 amide bonds. The standard InChI is InChI=1S/C13H19IN4O2/c14-10-3-1-8(2-4-10)5-9(7-18-13(16)17)6-11(15)12(19)20/h1-4,9,11H,5-7,15H2,(H,19,20)(H4,16,17,18). The third-order valence-electron chi connectivity index (χ3n) is 2.87. The number of nitrogens with two attached hydrogens (primary N) is 3. The first-order valence-corrected chi connectivity index (χ1v) is 7.24. The van der Waals surface area contributed by atoms with E-state index in [-0.39, 0.29) is 11.9 Å². The molecule has 0 spiro atoms. The molecule has 0 aromatic heterocycles. The van der Waals surface area contributed by atoms with Crippen molar-refractivity contribution in [3.63, 3.8) is 0 Å². The van der Waals surface area contributed by atoms with Gasteiger partial charge in [0.25, 0.3) is 0 Å². The highest BCUT2D eigenvalue weighted by atomic mass is 127. The lowest BCUT2D eigenvalue weighted by Gasteiger charge is -2.17. The molecule has 0 aliphatic carbocycles. The lowest BCUT2D eigenvalue weighted by molar-refractivity contribution is -0.138. The van der Waals surface area contributed by atoms with E-state index in [0.29, 0.717) is 19.4 Å². The van der Waals surface area contributed by atoms with Gasteiger partial charge in [0.2, 0.25) is 0 Å². The molecule has 110 valence electrons. The molecule has 0 bridgehead atoms. The minimum absolute atomic E-state index is 0.00139. The van der Waals surface area contributed by atoms with Gasteiger partial charge >= 0.3 is 5.97 Å². The van der Waals surface area contributed by atoms with E-state index < -0.39 is 12.0 Å². The van der Waals surface area contributed by atoms with Crippen LogP contribution in [0.25, 0.3) is 0 Å². The molecule has 0 heterocycles. The summed E-state index contributed by atoms with van der Waals surface area (Å²) in [6.45, 7) is 0.370. The quantitative estimate of drug-likeness (QED) is 0.307. The van der Waals surface area contributed by atoms with Crippen molar-refractivity contribution in [2.75, 3.05) is 6.54 Å². The van der Waals surface area contributed by atoms with Crippen molar-refractivity contribution in [1.82, 2.24) is 0 Å². The SMILES string of the molecule is NC(N)=NCC(Cc1ccc(I)cc1)CC(N)C(=O)O. The molecule has 7 N–H and O–H groups in total. The van der Waals surface area contributed by atoms with Crippen LogP contribution in [0.2, 0.25) is 0 Å². The van der Waals surface area contributed by atoms with E-state index in [9.17, 15) is 4.79 Å². The van der Waals surface area contributed by atoms with Crippen molar-refractivity contribution < 1.29 is 9.90 Å². The maximum atomic E-state index is 10.9. The van der Waals surface area contributed by atoms with Crippen molar-refractivity contribution in [3.05, 3.63) is 33.4 Å². The Morgan fingerprint density at radius 3 is 2.40 bits per heavy atom. The summed E-state index contributed by atoms with van der Waals surface area (Å²) in [6, 6.07) is 7.13. The molecule has 0 saturated carbocycles. The first-order chi connectivity index (χ1) is 9.38. The van der Waals surface area contributed by atoms with Crippen LogP contribution in [0, 0.1) is 9.49 Å². The fourth-order valence-electron chi connectivity index (χ4n) is 1.87. The molecular formula is C13H19IN4O2. The van der Waals surface area contributed by atoms with Crippen LogP contribution in [0.3, 0.4) is 0 Å². The molecule has 7 heteroatoms. The number of benzene rings is 1. The van der Waals surface area contributed by atoms with E-state index in [0.717, 1.165) is 9.13 Å². The van der Waals surface area contributed by atoms with Gasteiger partial charge in [-0.15, -0.1) is 0 Å². The number of aliphatic imine (C=N–C) groups is 1. The fraction of sp³-hybridized carbons (Fsp3) is 0.385. The molecule has 0 saturated heterocycles. The molecular weight excluding hydrogens is 371 g/mol. The molecule has 6 nitrogen and oxygen atoms in total. The van der Waals surface area contributed by atoms with Crippen molar-refractivity contribution in [2.45, 2.75) is 18.9 Å². The van der Waals surface area contributed by atoms with Gasteiger partial charge in [0, 0.05) is 10.1 Å². The van der Waals surface area contributed by atoms with Gasteiger partial charge in [-0.1, -0.05) is 12.1 Å². The number of guanidine groups is 1. The molecule has 0 aliphatic rings. The molecule has 2 unspecified atom stereocenters. The predicted octanol–water partition coefficient (Wildman–Crippen LogP) is 0.525. The van der Waals surface area contributed by atoms with Gasteiger partial charge in [0.05, 0.1) is 0 Å². The number of hydrogen-bond donors (Lipinski definition) is 4. The molecule has 20 heavy (non-hydrogen) atoms. The Kier molecular flexibility index (Phi) is 6.73. The Hall–Kier alpha value is -1.35. The van der Waals surface area contributed by atoms with Crippen molar-refractivity contribution >= 4 is 34.5 Å². The monoisotopic (exact) mass is 390 g/mol. The Morgan fingerprint density at radius 1 is 1.30 bits per heavy atom. The van der Waals surface area contributed by atoms with E-state index >= 15 is 0 Å². The van der Waals surface area contributed by atoms with E-state index in [1.807, 2.05) is 24.3 Å². The van der Waals surface area contributed by atoms with Gasteiger partial charge in [-0.25, -0.2) is 0 Å². The maximum Gasteiger partial charge on any atom is 0.320 e. The molecule has 0 aliphatic heterocycles. The number of rotatable bonds is 7. The number of nitrogens with zero attached hydrogens (tertiary/aromatic N) is 1. The number of hydrogen-bond acceptors (Lipinski definition) is 3. The lowest BCUT2D eigenvalue weighted by Crippen LogP contribution is -2.34. The van der Waals surface area contributed by atoms with Gasteiger partial charge in [-0.3, -0.25) is 9.79 Å². The second-order valence-corrected chi connectivity index (χ2v) is 5.89. The minimum Gasteiger partial charge on any atom is -0.480 e. The summed E-state index contributed by atoms with van der Waals surface area (Å²) in [4.78, 5) is 14.8. The number of carboxylic acids is 1. The summed E-state index contributed by atoms with van der Waals surface area (Å²) in [5.74, 6) is -1.02. The van der Waals surface area contributed by atoms with E-state index in [4.69, 9.17) is 22.3 Å². The van der Waals surface area contributed by atoms with E-state index in [1.165, 1.54) is 0 Å². The second kappa shape index (κ2) is 8.05. The molecule has 1 aromatic carbocycles. The highest BCUT2D eigenvalue weighted by molar-refractivity contribution is 14.1. The largest absolute Gasteiger partial charge is 0.480 e. The Labute approximate surface area is 131 Å². The molecule has 2 atom stereocenters. The third-order valence-corrected chi connectivity index (χ3v) is 3.59. The zero-order valence-corrected chi connectivity index (χ0v) is 13.2. The van der Waals surface area contributed by atoms with Crippen LogP contribution in [-0.4, -0.2) is 29.6 Å². The van der Waals surface area contributed by atoms with Crippen LogP contribution in [0.4, 0.5) is 0 Å². The van der Waals surface area contributed by atoms with Crippen LogP contribution < -0.4 is 17.2 Å². The number of aliphatic carboxylic acids is 1. The Bertz CT molecular complexity index is 472. The summed E-state index contributed by atoms with van der Waals surface area (Å²) < 4.78 is 1.15. The van der Waals surface area contributed by atoms with Gasteiger partial charge in [-0.05, 0) is 59.0 Å². The first-order valence-electron chi connectivity index (χ1n) is 6.16. The molecule has 0 fully saturated rings. The number of carboxylic acid groups (broad SMARTS) is 1. The van der Waals surface area contributed by atoms with Gasteiger partial charge in [0.15, 0.2) is 5.96 Å². The first kappa shape index (κ1) is 16.7. The molecule has 0 radical (unpaired) electrons. The zero-order valence-electron chi connectivity index (χ0n) is 11.0. The van der Waals surface area contributed by atoms with Crippen LogP contribution >= 0.6 is 22.6 Å². The Balaban J connectivity index is 2.73. The smallest absolute Gasteiger partial charge is 0.320 e. The molecule has 1 aromatic rings. The highest BCUT2D eigenvalue weighted by Crippen LogP contribution is 2.16. The van der Waals surface area contributed by atoms with Crippen LogP contribution in [0.5, 0.6) is 0 Å². The Morgan fingerprint density at radius 2 is 1.90 bits per heavy atom. The summed E-state index contributed by atoms with van der Waals surface area (Å²) >= 11 is 2.23. The van der Waals surface area contributed by atoms with Crippen molar-refractivity contribution in [3.8, 4) is 0 Å². The van der Waals surface area contributed by atoms with Crippen LogP contribution in [0.1, 0.15) is 12.0 Å². The average Bonchev–Trinajstić information content (AvgIpc) is 2.38. The lowest BCUT2D eigenvalue weighted by atomic mass is 9.93. The summed E-state index contributed by atoms with van der Waals surface area (Å²) in [7, 11) is 0.